The van der Waals surface area contributed by atoms with E-state index in [0.717, 1.165) is 32.1 Å². The first kappa shape index (κ1) is 20.0. The first-order valence-electron chi connectivity index (χ1n) is 9.23. The van der Waals surface area contributed by atoms with E-state index in [1.807, 2.05) is 26.0 Å². The SMILES string of the molecule is COc1cc2c(cc1OC)C(c1sc(C)c(C)c1C(N)=O)c1c(C(N)=O)nn(C)c1-2. The summed E-state index contributed by atoms with van der Waals surface area (Å²) in [7, 11) is 4.88. The fourth-order valence-electron chi connectivity index (χ4n) is 4.24. The van der Waals surface area contributed by atoms with Crippen molar-refractivity contribution < 1.29 is 19.1 Å². The topological polar surface area (TPSA) is 122 Å². The number of primary amides is 2. The minimum absolute atomic E-state index is 0.172. The Hall–Kier alpha value is -3.33. The molecule has 8 nitrogen and oxygen atoms in total. The highest BCUT2D eigenvalue weighted by molar-refractivity contribution is 7.12. The molecule has 0 spiro atoms. The van der Waals surface area contributed by atoms with Crippen molar-refractivity contribution in [3.05, 3.63) is 49.8 Å². The van der Waals surface area contributed by atoms with Crippen molar-refractivity contribution in [3.8, 4) is 22.8 Å². The zero-order chi connectivity index (χ0) is 21.9. The highest BCUT2D eigenvalue weighted by Crippen LogP contribution is 2.54. The third-order valence-corrected chi connectivity index (χ3v) is 6.92. The van der Waals surface area contributed by atoms with Gasteiger partial charge in [0, 0.05) is 33.8 Å². The van der Waals surface area contributed by atoms with Crippen molar-refractivity contribution >= 4 is 23.2 Å². The van der Waals surface area contributed by atoms with Gasteiger partial charge in [-0.25, -0.2) is 0 Å². The van der Waals surface area contributed by atoms with Crippen molar-refractivity contribution in [2.45, 2.75) is 19.8 Å². The van der Waals surface area contributed by atoms with E-state index in [9.17, 15) is 9.59 Å². The van der Waals surface area contributed by atoms with Gasteiger partial charge in [-0.1, -0.05) is 0 Å². The lowest BCUT2D eigenvalue weighted by atomic mass is 9.90. The smallest absolute Gasteiger partial charge is 0.269 e. The molecule has 0 saturated carbocycles. The van der Waals surface area contributed by atoms with Gasteiger partial charge in [0.1, 0.15) is 0 Å². The molecule has 30 heavy (non-hydrogen) atoms. The van der Waals surface area contributed by atoms with Crippen LogP contribution in [0.4, 0.5) is 0 Å². The summed E-state index contributed by atoms with van der Waals surface area (Å²) in [5.74, 6) is -0.460. The predicted octanol–water partition coefficient (Wildman–Crippen LogP) is 2.47. The molecule has 156 valence electrons. The molecular weight excluding hydrogens is 404 g/mol. The van der Waals surface area contributed by atoms with Gasteiger partial charge in [-0.2, -0.15) is 5.10 Å². The maximum Gasteiger partial charge on any atom is 0.269 e. The van der Waals surface area contributed by atoms with Crippen LogP contribution in [-0.2, 0) is 7.05 Å². The van der Waals surface area contributed by atoms with Crippen molar-refractivity contribution in [2.24, 2.45) is 18.5 Å². The third-order valence-electron chi connectivity index (χ3n) is 5.65. The van der Waals surface area contributed by atoms with Gasteiger partial charge in [-0.15, -0.1) is 11.3 Å². The predicted molar refractivity (Wildman–Crippen MR) is 114 cm³/mol. The van der Waals surface area contributed by atoms with Gasteiger partial charge in [0.05, 0.1) is 25.5 Å². The number of amides is 2. The van der Waals surface area contributed by atoms with Gasteiger partial charge < -0.3 is 20.9 Å². The second-order valence-electron chi connectivity index (χ2n) is 7.21. The molecule has 1 aliphatic carbocycles. The van der Waals surface area contributed by atoms with Crippen LogP contribution in [-0.4, -0.2) is 35.8 Å². The molecule has 4 N–H and O–H groups in total. The number of nitrogens with zero attached hydrogens (tertiary/aromatic N) is 2. The van der Waals surface area contributed by atoms with E-state index in [1.165, 1.54) is 11.3 Å². The minimum atomic E-state index is -0.630. The van der Waals surface area contributed by atoms with Crippen LogP contribution in [0.25, 0.3) is 11.3 Å². The summed E-state index contributed by atoms with van der Waals surface area (Å²) in [6, 6.07) is 3.73. The molecule has 3 aromatic rings. The van der Waals surface area contributed by atoms with Crippen LogP contribution in [0.3, 0.4) is 0 Å². The Kier molecular flexibility index (Phi) is 4.58. The van der Waals surface area contributed by atoms with Crippen LogP contribution in [0.15, 0.2) is 12.1 Å². The largest absolute Gasteiger partial charge is 0.493 e. The molecule has 1 atom stereocenters. The van der Waals surface area contributed by atoms with Crippen LogP contribution in [0, 0.1) is 13.8 Å². The quantitative estimate of drug-likeness (QED) is 0.508. The molecule has 0 fully saturated rings. The van der Waals surface area contributed by atoms with E-state index in [2.05, 4.69) is 5.10 Å². The highest BCUT2D eigenvalue weighted by Gasteiger charge is 2.41. The maximum absolute atomic E-state index is 12.4. The molecule has 1 aromatic carbocycles. The number of hydrogen-bond acceptors (Lipinski definition) is 6. The highest BCUT2D eigenvalue weighted by atomic mass is 32.1. The molecule has 0 aliphatic heterocycles. The number of benzene rings is 1. The van der Waals surface area contributed by atoms with Crippen LogP contribution < -0.4 is 20.9 Å². The molecule has 2 heterocycles. The number of carbonyl (C=O) groups is 2. The lowest BCUT2D eigenvalue weighted by Gasteiger charge is -2.16. The molecule has 2 amide bonds. The molecule has 0 bridgehead atoms. The van der Waals surface area contributed by atoms with Gasteiger partial charge >= 0.3 is 0 Å². The minimum Gasteiger partial charge on any atom is -0.493 e. The van der Waals surface area contributed by atoms with Gasteiger partial charge in [-0.3, -0.25) is 14.3 Å². The normalized spacial score (nSPS) is 14.4. The lowest BCUT2D eigenvalue weighted by molar-refractivity contribution is 0.0989. The summed E-state index contributed by atoms with van der Waals surface area (Å²) in [6.07, 6.45) is 0. The van der Waals surface area contributed by atoms with Crippen molar-refractivity contribution in [2.75, 3.05) is 14.2 Å². The zero-order valence-electron chi connectivity index (χ0n) is 17.3. The van der Waals surface area contributed by atoms with Crippen LogP contribution >= 0.6 is 11.3 Å². The van der Waals surface area contributed by atoms with E-state index >= 15 is 0 Å². The van der Waals surface area contributed by atoms with E-state index in [4.69, 9.17) is 20.9 Å². The summed E-state index contributed by atoms with van der Waals surface area (Å²) in [4.78, 5) is 26.4. The number of ether oxygens (including phenoxy) is 2. The van der Waals surface area contributed by atoms with Gasteiger partial charge in [0.25, 0.3) is 5.91 Å². The first-order chi connectivity index (χ1) is 14.2. The molecule has 1 aliphatic rings. The van der Waals surface area contributed by atoms with E-state index in [1.54, 1.807) is 25.9 Å². The Morgan fingerprint density at radius 1 is 1.10 bits per heavy atom. The van der Waals surface area contributed by atoms with Crippen molar-refractivity contribution in [3.63, 3.8) is 0 Å². The average molecular weight is 426 g/mol. The fraction of sp³-hybridized carbons (Fsp3) is 0.286. The van der Waals surface area contributed by atoms with Crippen LogP contribution in [0.5, 0.6) is 11.5 Å². The number of aromatic nitrogens is 2. The number of carbonyl (C=O) groups excluding carboxylic acids is 2. The maximum atomic E-state index is 12.4. The Balaban J connectivity index is 2.13. The van der Waals surface area contributed by atoms with Gasteiger partial charge in [0.2, 0.25) is 5.91 Å². The van der Waals surface area contributed by atoms with Crippen molar-refractivity contribution in [1.82, 2.24) is 9.78 Å². The van der Waals surface area contributed by atoms with Crippen LogP contribution in [0.2, 0.25) is 0 Å². The Labute approximate surface area is 177 Å². The fourth-order valence-corrected chi connectivity index (χ4v) is 5.55. The second kappa shape index (κ2) is 6.88. The number of methoxy groups -OCH3 is 2. The van der Waals surface area contributed by atoms with Crippen molar-refractivity contribution in [1.29, 1.82) is 0 Å². The molecule has 9 heteroatoms. The summed E-state index contributed by atoms with van der Waals surface area (Å²) in [5, 5.41) is 4.37. The standard InChI is InChI=1S/C21H22N4O4S/c1-8-9(2)30-19(14(8)20(22)26)15-10-6-12(28-4)13(29-5)7-11(10)18-16(15)17(21(23)27)24-25(18)3/h6-7,15H,1-5H3,(H2,22,26)(H2,23,27). The Morgan fingerprint density at radius 3 is 2.30 bits per heavy atom. The summed E-state index contributed by atoms with van der Waals surface area (Å²) >= 11 is 1.48. The van der Waals surface area contributed by atoms with Gasteiger partial charge in [-0.05, 0) is 37.1 Å². The molecule has 0 saturated heterocycles. The number of aryl methyl sites for hydroxylation is 2. The van der Waals surface area contributed by atoms with E-state index in [-0.39, 0.29) is 5.69 Å². The molecular formula is C21H22N4O4S. The van der Waals surface area contributed by atoms with Gasteiger partial charge in [0.15, 0.2) is 17.2 Å². The molecule has 4 rings (SSSR count). The first-order valence-corrected chi connectivity index (χ1v) is 10.1. The van der Waals surface area contributed by atoms with Crippen LogP contribution in [0.1, 0.15) is 53.2 Å². The lowest BCUT2D eigenvalue weighted by Crippen LogP contribution is -2.18. The molecule has 1 unspecified atom stereocenters. The number of fused-ring (bicyclic) bond motifs is 3. The summed E-state index contributed by atoms with van der Waals surface area (Å²) in [5.41, 5.74) is 16.0. The summed E-state index contributed by atoms with van der Waals surface area (Å²) in [6.45, 7) is 3.82. The Morgan fingerprint density at radius 2 is 1.73 bits per heavy atom. The number of thiophene rings is 1. The van der Waals surface area contributed by atoms with E-state index < -0.39 is 17.7 Å². The monoisotopic (exact) mass is 426 g/mol. The van der Waals surface area contributed by atoms with E-state index in [0.29, 0.717) is 22.6 Å². The summed E-state index contributed by atoms with van der Waals surface area (Å²) < 4.78 is 12.6. The molecule has 2 aromatic heterocycles. The third kappa shape index (κ3) is 2.62. The zero-order valence-corrected chi connectivity index (χ0v) is 18.1. The molecule has 0 radical (unpaired) electrons. The Bertz CT molecular complexity index is 1220. The number of nitrogens with two attached hydrogens (primary N) is 2. The number of rotatable bonds is 5. The average Bonchev–Trinajstić information content (AvgIpc) is 3.30. The number of hydrogen-bond donors (Lipinski definition) is 2. The second-order valence-corrected chi connectivity index (χ2v) is 8.47.